The number of hydrogen-bond acceptors (Lipinski definition) is 3. The Kier molecular flexibility index (Phi) is 6.51. The molecule has 0 fully saturated rings. The van der Waals surface area contributed by atoms with Gasteiger partial charge >= 0.3 is 12.1 Å². The predicted octanol–water partition coefficient (Wildman–Crippen LogP) is 2.88. The van der Waals surface area contributed by atoms with Crippen LogP contribution in [0.2, 0.25) is 0 Å². The number of esters is 1. The maximum absolute atomic E-state index is 12.0. The lowest BCUT2D eigenvalue weighted by Gasteiger charge is -2.16. The molecule has 1 rings (SSSR count). The molecule has 1 unspecified atom stereocenters. The Balaban J connectivity index is 2.45. The summed E-state index contributed by atoms with van der Waals surface area (Å²) in [7, 11) is 1.29. The minimum Gasteiger partial charge on any atom is -0.469 e. The lowest BCUT2D eigenvalue weighted by molar-refractivity contribution is -0.142. The van der Waals surface area contributed by atoms with Gasteiger partial charge in [0.2, 0.25) is 0 Å². The van der Waals surface area contributed by atoms with Gasteiger partial charge in [-0.1, -0.05) is 30.3 Å². The summed E-state index contributed by atoms with van der Waals surface area (Å²) in [5, 5.41) is 2.87. The maximum atomic E-state index is 12.0. The molecule has 0 amide bonds. The van der Waals surface area contributed by atoms with Gasteiger partial charge in [0.05, 0.1) is 13.0 Å². The second-order valence-corrected chi connectivity index (χ2v) is 4.41. The van der Waals surface area contributed by atoms with Crippen LogP contribution >= 0.6 is 0 Å². The van der Waals surface area contributed by atoms with Crippen molar-refractivity contribution < 1.29 is 22.7 Å². The molecular formula is C14H18F3NO2. The van der Waals surface area contributed by atoms with Gasteiger partial charge < -0.3 is 10.1 Å². The highest BCUT2D eigenvalue weighted by atomic mass is 19.4. The third-order valence-electron chi connectivity index (χ3n) is 2.85. The Labute approximate surface area is 116 Å². The Morgan fingerprint density at radius 2 is 1.95 bits per heavy atom. The minimum absolute atomic E-state index is 0.00776. The van der Waals surface area contributed by atoms with E-state index in [1.807, 2.05) is 6.07 Å². The molecule has 112 valence electrons. The summed E-state index contributed by atoms with van der Waals surface area (Å²) in [5.41, 5.74) is 0.780. The molecule has 0 aliphatic heterocycles. The highest BCUT2D eigenvalue weighted by Crippen LogP contribution is 2.21. The van der Waals surface area contributed by atoms with Crippen molar-refractivity contribution in [2.45, 2.75) is 24.9 Å². The number of hydrogen-bond donors (Lipinski definition) is 1. The highest BCUT2D eigenvalue weighted by molar-refractivity contribution is 5.78. The van der Waals surface area contributed by atoms with Gasteiger partial charge in [0.25, 0.3) is 0 Å². The van der Waals surface area contributed by atoms with Crippen LogP contribution in [0, 0.1) is 0 Å². The largest absolute Gasteiger partial charge is 0.469 e. The Hall–Kier alpha value is -1.56. The molecule has 0 aromatic heterocycles. The molecule has 0 radical (unpaired) electrons. The summed E-state index contributed by atoms with van der Waals surface area (Å²) in [6.07, 6.45) is -4.97. The van der Waals surface area contributed by atoms with Gasteiger partial charge in [0.1, 0.15) is 0 Å². The number of benzene rings is 1. The van der Waals surface area contributed by atoms with E-state index >= 15 is 0 Å². The third kappa shape index (κ3) is 6.06. The molecule has 1 aromatic carbocycles. The summed E-state index contributed by atoms with van der Waals surface area (Å²) in [4.78, 5) is 11.7. The second kappa shape index (κ2) is 7.89. The second-order valence-electron chi connectivity index (χ2n) is 4.41. The molecule has 3 nitrogen and oxygen atoms in total. The van der Waals surface area contributed by atoms with Gasteiger partial charge in [-0.15, -0.1) is 0 Å². The summed E-state index contributed by atoms with van der Waals surface area (Å²) >= 11 is 0. The molecule has 0 bridgehead atoms. The lowest BCUT2D eigenvalue weighted by Crippen LogP contribution is -2.29. The van der Waals surface area contributed by atoms with E-state index in [1.54, 1.807) is 24.3 Å². The number of halogens is 3. The van der Waals surface area contributed by atoms with Crippen LogP contribution in [-0.2, 0) is 9.53 Å². The Bertz CT molecular complexity index is 407. The molecule has 20 heavy (non-hydrogen) atoms. The first-order valence-electron chi connectivity index (χ1n) is 6.34. The van der Waals surface area contributed by atoms with Crippen molar-refractivity contribution in [2.24, 2.45) is 0 Å². The average molecular weight is 289 g/mol. The zero-order valence-corrected chi connectivity index (χ0v) is 11.2. The monoisotopic (exact) mass is 289 g/mol. The van der Waals surface area contributed by atoms with Crippen LogP contribution in [0.25, 0.3) is 0 Å². The van der Waals surface area contributed by atoms with Crippen LogP contribution in [0.15, 0.2) is 30.3 Å². The van der Waals surface area contributed by atoms with E-state index in [-0.39, 0.29) is 19.5 Å². The first-order valence-corrected chi connectivity index (χ1v) is 6.34. The SMILES string of the molecule is COC(=O)C(CNCCCC(F)(F)F)c1ccccc1. The quantitative estimate of drug-likeness (QED) is 0.619. The number of carbonyl (C=O) groups excluding carboxylic acids is 1. The molecule has 0 spiro atoms. The first-order chi connectivity index (χ1) is 9.44. The van der Waals surface area contributed by atoms with Crippen LogP contribution in [0.3, 0.4) is 0 Å². The van der Waals surface area contributed by atoms with Crippen LogP contribution in [0.1, 0.15) is 24.3 Å². The van der Waals surface area contributed by atoms with E-state index in [9.17, 15) is 18.0 Å². The van der Waals surface area contributed by atoms with Crippen molar-refractivity contribution in [2.75, 3.05) is 20.2 Å². The van der Waals surface area contributed by atoms with Crippen LogP contribution in [0.5, 0.6) is 0 Å². The van der Waals surface area contributed by atoms with Crippen molar-refractivity contribution in [3.8, 4) is 0 Å². The highest BCUT2D eigenvalue weighted by Gasteiger charge is 2.26. The van der Waals surface area contributed by atoms with Crippen LogP contribution < -0.4 is 5.32 Å². The van der Waals surface area contributed by atoms with Gasteiger partial charge in [-0.25, -0.2) is 0 Å². The normalized spacial score (nSPS) is 13.0. The van der Waals surface area contributed by atoms with Crippen molar-refractivity contribution in [3.05, 3.63) is 35.9 Å². The molecule has 0 saturated carbocycles. The molecule has 1 atom stereocenters. The fraction of sp³-hybridized carbons (Fsp3) is 0.500. The maximum Gasteiger partial charge on any atom is 0.389 e. The number of nitrogens with one attached hydrogen (secondary N) is 1. The first kappa shape index (κ1) is 16.5. The summed E-state index contributed by atoms with van der Waals surface area (Å²) < 4.78 is 40.7. The van der Waals surface area contributed by atoms with Gasteiger partial charge in [-0.3, -0.25) is 4.79 Å². The molecule has 1 aromatic rings. The third-order valence-corrected chi connectivity index (χ3v) is 2.85. The number of alkyl halides is 3. The van der Waals surface area contributed by atoms with Crippen molar-refractivity contribution in [3.63, 3.8) is 0 Å². The zero-order chi connectivity index (χ0) is 15.0. The van der Waals surface area contributed by atoms with Gasteiger partial charge in [0, 0.05) is 13.0 Å². The summed E-state index contributed by atoms with van der Waals surface area (Å²) in [6, 6.07) is 9.01. The minimum atomic E-state index is -4.14. The molecule has 0 saturated heterocycles. The van der Waals surface area contributed by atoms with Gasteiger partial charge in [-0.2, -0.15) is 13.2 Å². The van der Waals surface area contributed by atoms with Gasteiger partial charge in [0.15, 0.2) is 0 Å². The van der Waals surface area contributed by atoms with Crippen molar-refractivity contribution in [1.29, 1.82) is 0 Å². The van der Waals surface area contributed by atoms with E-state index in [1.165, 1.54) is 7.11 Å². The van der Waals surface area contributed by atoms with E-state index in [0.29, 0.717) is 0 Å². The Morgan fingerprint density at radius 3 is 2.50 bits per heavy atom. The number of rotatable bonds is 7. The van der Waals surface area contributed by atoms with E-state index in [0.717, 1.165) is 5.56 Å². The molecule has 0 heterocycles. The smallest absolute Gasteiger partial charge is 0.389 e. The molecular weight excluding hydrogens is 271 g/mol. The van der Waals surface area contributed by atoms with E-state index in [4.69, 9.17) is 4.74 Å². The number of ether oxygens (including phenoxy) is 1. The van der Waals surface area contributed by atoms with E-state index < -0.39 is 24.5 Å². The van der Waals surface area contributed by atoms with Crippen molar-refractivity contribution in [1.82, 2.24) is 5.32 Å². The molecule has 6 heteroatoms. The summed E-state index contributed by atoms with van der Waals surface area (Å²) in [6.45, 7) is 0.467. The fourth-order valence-corrected chi connectivity index (χ4v) is 1.83. The zero-order valence-electron chi connectivity index (χ0n) is 11.2. The predicted molar refractivity (Wildman–Crippen MR) is 69.4 cm³/mol. The van der Waals surface area contributed by atoms with Crippen LogP contribution in [-0.4, -0.2) is 32.3 Å². The van der Waals surface area contributed by atoms with E-state index in [2.05, 4.69) is 5.32 Å². The van der Waals surface area contributed by atoms with Gasteiger partial charge in [-0.05, 0) is 18.5 Å². The molecule has 1 N–H and O–H groups in total. The summed E-state index contributed by atoms with van der Waals surface area (Å²) in [5.74, 6) is -0.911. The number of methoxy groups -OCH3 is 1. The average Bonchev–Trinajstić information content (AvgIpc) is 2.42. The molecule has 0 aliphatic carbocycles. The van der Waals surface area contributed by atoms with Crippen molar-refractivity contribution >= 4 is 5.97 Å². The lowest BCUT2D eigenvalue weighted by atomic mass is 9.99. The Morgan fingerprint density at radius 1 is 1.30 bits per heavy atom. The molecule has 0 aliphatic rings. The number of carbonyl (C=O) groups is 1. The topological polar surface area (TPSA) is 38.3 Å². The fourth-order valence-electron chi connectivity index (χ4n) is 1.83. The standard InChI is InChI=1S/C14H18F3NO2/c1-20-13(19)12(11-6-3-2-4-7-11)10-18-9-5-8-14(15,16)17/h2-4,6-7,12,18H,5,8-10H2,1H3. The van der Waals surface area contributed by atoms with Crippen LogP contribution in [0.4, 0.5) is 13.2 Å².